The van der Waals surface area contributed by atoms with Crippen molar-refractivity contribution >= 4 is 23.1 Å². The number of anilines is 2. The molecule has 0 atom stereocenters. The van der Waals surface area contributed by atoms with Gasteiger partial charge < -0.3 is 10.6 Å². The number of halogens is 2. The molecule has 0 heterocycles. The second-order valence-corrected chi connectivity index (χ2v) is 4.66. The Morgan fingerprint density at radius 3 is 2.32 bits per heavy atom. The second-order valence-electron chi connectivity index (χ2n) is 4.66. The Labute approximate surface area is 126 Å². The van der Waals surface area contributed by atoms with Crippen molar-refractivity contribution < 1.29 is 18.4 Å². The van der Waals surface area contributed by atoms with E-state index in [0.717, 1.165) is 12.1 Å². The molecule has 2 N–H and O–H groups in total. The van der Waals surface area contributed by atoms with Crippen molar-refractivity contribution in [1.82, 2.24) is 0 Å². The highest BCUT2D eigenvalue weighted by Crippen LogP contribution is 2.15. The molecule has 4 nitrogen and oxygen atoms in total. The number of carbonyl (C=O) groups excluding carboxylic acids is 2. The average molecular weight is 304 g/mol. The Balaban J connectivity index is 1.91. The van der Waals surface area contributed by atoms with Gasteiger partial charge in [0.15, 0.2) is 5.78 Å². The van der Waals surface area contributed by atoms with Gasteiger partial charge in [0.05, 0.1) is 12.2 Å². The molecule has 2 aromatic carbocycles. The zero-order valence-electron chi connectivity index (χ0n) is 11.8. The predicted octanol–water partition coefficient (Wildman–Crippen LogP) is 3.22. The zero-order valence-corrected chi connectivity index (χ0v) is 11.8. The average Bonchev–Trinajstić information content (AvgIpc) is 2.48. The van der Waals surface area contributed by atoms with E-state index in [0.29, 0.717) is 17.3 Å². The Hall–Kier alpha value is -2.76. The van der Waals surface area contributed by atoms with Gasteiger partial charge in [0, 0.05) is 17.3 Å². The van der Waals surface area contributed by atoms with Crippen LogP contribution in [0.15, 0.2) is 42.5 Å². The molecular weight excluding hydrogens is 290 g/mol. The summed E-state index contributed by atoms with van der Waals surface area (Å²) in [6, 6.07) is 9.54. The van der Waals surface area contributed by atoms with Crippen molar-refractivity contribution in [2.24, 2.45) is 0 Å². The molecule has 6 heteroatoms. The van der Waals surface area contributed by atoms with Gasteiger partial charge in [0.1, 0.15) is 11.6 Å². The third-order valence-corrected chi connectivity index (χ3v) is 2.95. The normalized spacial score (nSPS) is 10.1. The SMILES string of the molecule is CC(=O)c1ccc(NCC(=O)Nc2ccc(F)cc2F)cc1. The quantitative estimate of drug-likeness (QED) is 0.834. The fourth-order valence-corrected chi connectivity index (χ4v) is 1.79. The molecule has 0 bridgehead atoms. The van der Waals surface area contributed by atoms with E-state index >= 15 is 0 Å². The zero-order chi connectivity index (χ0) is 16.1. The number of benzene rings is 2. The van der Waals surface area contributed by atoms with Crippen molar-refractivity contribution in [3.8, 4) is 0 Å². The Kier molecular flexibility index (Phi) is 4.83. The topological polar surface area (TPSA) is 58.2 Å². The summed E-state index contributed by atoms with van der Waals surface area (Å²) in [7, 11) is 0. The first-order valence-corrected chi connectivity index (χ1v) is 6.55. The van der Waals surface area contributed by atoms with Crippen molar-refractivity contribution in [2.45, 2.75) is 6.92 Å². The van der Waals surface area contributed by atoms with E-state index in [9.17, 15) is 18.4 Å². The summed E-state index contributed by atoms with van der Waals surface area (Å²) in [4.78, 5) is 22.8. The Morgan fingerprint density at radius 1 is 1.05 bits per heavy atom. The third kappa shape index (κ3) is 4.12. The van der Waals surface area contributed by atoms with E-state index in [1.807, 2.05) is 0 Å². The first-order valence-electron chi connectivity index (χ1n) is 6.55. The molecule has 2 rings (SSSR count). The molecule has 22 heavy (non-hydrogen) atoms. The number of ketones is 1. The van der Waals surface area contributed by atoms with Crippen LogP contribution in [0.5, 0.6) is 0 Å². The summed E-state index contributed by atoms with van der Waals surface area (Å²) in [5.74, 6) is -2.06. The fraction of sp³-hybridized carbons (Fsp3) is 0.125. The van der Waals surface area contributed by atoms with Gasteiger partial charge in [-0.15, -0.1) is 0 Å². The maximum atomic E-state index is 13.4. The van der Waals surface area contributed by atoms with E-state index in [4.69, 9.17) is 0 Å². The van der Waals surface area contributed by atoms with Crippen LogP contribution in [-0.4, -0.2) is 18.2 Å². The summed E-state index contributed by atoms with van der Waals surface area (Å²) in [6.45, 7) is 1.38. The molecule has 0 saturated carbocycles. The van der Waals surface area contributed by atoms with Gasteiger partial charge in [0.2, 0.25) is 5.91 Å². The van der Waals surface area contributed by atoms with Gasteiger partial charge in [0.25, 0.3) is 0 Å². The minimum Gasteiger partial charge on any atom is -0.376 e. The number of Topliss-reactive ketones (excluding diaryl/α,β-unsaturated/α-hetero) is 1. The van der Waals surface area contributed by atoms with Crippen LogP contribution in [0.3, 0.4) is 0 Å². The highest BCUT2D eigenvalue weighted by atomic mass is 19.1. The molecule has 0 aromatic heterocycles. The summed E-state index contributed by atoms with van der Waals surface area (Å²) in [6.07, 6.45) is 0. The molecule has 0 spiro atoms. The Morgan fingerprint density at radius 2 is 1.73 bits per heavy atom. The highest BCUT2D eigenvalue weighted by molar-refractivity contribution is 5.95. The van der Waals surface area contributed by atoms with Gasteiger partial charge in [-0.1, -0.05) is 0 Å². The molecule has 1 amide bonds. The molecule has 0 saturated heterocycles. The molecule has 0 radical (unpaired) electrons. The summed E-state index contributed by atoms with van der Waals surface area (Å²) >= 11 is 0. The largest absolute Gasteiger partial charge is 0.376 e. The van der Waals surface area contributed by atoms with E-state index in [-0.39, 0.29) is 18.0 Å². The van der Waals surface area contributed by atoms with Crippen LogP contribution in [0.4, 0.5) is 20.2 Å². The molecule has 0 unspecified atom stereocenters. The van der Waals surface area contributed by atoms with Gasteiger partial charge in [-0.2, -0.15) is 0 Å². The molecular formula is C16H14F2N2O2. The van der Waals surface area contributed by atoms with Crippen molar-refractivity contribution in [2.75, 3.05) is 17.2 Å². The van der Waals surface area contributed by atoms with Crippen molar-refractivity contribution in [1.29, 1.82) is 0 Å². The fourth-order valence-electron chi connectivity index (χ4n) is 1.79. The van der Waals surface area contributed by atoms with Gasteiger partial charge in [-0.3, -0.25) is 9.59 Å². The number of amides is 1. The molecule has 0 fully saturated rings. The number of hydrogen-bond donors (Lipinski definition) is 2. The Bertz CT molecular complexity index is 700. The number of hydrogen-bond acceptors (Lipinski definition) is 3. The lowest BCUT2D eigenvalue weighted by Crippen LogP contribution is -2.22. The van der Waals surface area contributed by atoms with Crippen LogP contribution >= 0.6 is 0 Å². The number of nitrogens with one attached hydrogen (secondary N) is 2. The standard InChI is InChI=1S/C16H14F2N2O2/c1-10(21)11-2-5-13(6-3-11)19-9-16(22)20-15-7-4-12(17)8-14(15)18/h2-8,19H,9H2,1H3,(H,20,22). The minimum absolute atomic E-state index is 0.0453. The van der Waals surface area contributed by atoms with Crippen molar-refractivity contribution in [3.63, 3.8) is 0 Å². The number of rotatable bonds is 5. The molecule has 0 aliphatic rings. The van der Waals surface area contributed by atoms with Crippen LogP contribution in [0.25, 0.3) is 0 Å². The van der Waals surface area contributed by atoms with Crippen LogP contribution in [-0.2, 0) is 4.79 Å². The van der Waals surface area contributed by atoms with Crippen LogP contribution < -0.4 is 10.6 Å². The molecule has 114 valence electrons. The van der Waals surface area contributed by atoms with E-state index in [2.05, 4.69) is 10.6 Å². The lowest BCUT2D eigenvalue weighted by atomic mass is 10.1. The van der Waals surface area contributed by atoms with E-state index in [1.54, 1.807) is 24.3 Å². The monoisotopic (exact) mass is 304 g/mol. The second kappa shape index (κ2) is 6.80. The maximum absolute atomic E-state index is 13.4. The predicted molar refractivity (Wildman–Crippen MR) is 79.9 cm³/mol. The first-order chi connectivity index (χ1) is 10.5. The third-order valence-electron chi connectivity index (χ3n) is 2.95. The van der Waals surface area contributed by atoms with E-state index in [1.165, 1.54) is 6.92 Å². The van der Waals surface area contributed by atoms with E-state index < -0.39 is 17.5 Å². The maximum Gasteiger partial charge on any atom is 0.243 e. The van der Waals surface area contributed by atoms with Gasteiger partial charge >= 0.3 is 0 Å². The van der Waals surface area contributed by atoms with Gasteiger partial charge in [-0.25, -0.2) is 8.78 Å². The minimum atomic E-state index is -0.834. The van der Waals surface area contributed by atoms with Crippen LogP contribution in [0.2, 0.25) is 0 Å². The lowest BCUT2D eigenvalue weighted by molar-refractivity contribution is -0.114. The highest BCUT2D eigenvalue weighted by Gasteiger charge is 2.08. The number of carbonyl (C=O) groups is 2. The molecule has 2 aromatic rings. The van der Waals surface area contributed by atoms with Crippen LogP contribution in [0, 0.1) is 11.6 Å². The molecule has 0 aliphatic carbocycles. The van der Waals surface area contributed by atoms with Crippen LogP contribution in [0.1, 0.15) is 17.3 Å². The molecule has 0 aliphatic heterocycles. The summed E-state index contributed by atoms with van der Waals surface area (Å²) in [5.41, 5.74) is 1.14. The van der Waals surface area contributed by atoms with Crippen molar-refractivity contribution in [3.05, 3.63) is 59.7 Å². The smallest absolute Gasteiger partial charge is 0.243 e. The first kappa shape index (κ1) is 15.6. The van der Waals surface area contributed by atoms with Gasteiger partial charge in [-0.05, 0) is 43.3 Å². The summed E-state index contributed by atoms with van der Waals surface area (Å²) in [5, 5.41) is 5.18. The lowest BCUT2D eigenvalue weighted by Gasteiger charge is -2.09. The summed E-state index contributed by atoms with van der Waals surface area (Å²) < 4.78 is 26.1.